The van der Waals surface area contributed by atoms with Crippen molar-refractivity contribution < 1.29 is 34.5 Å². The average Bonchev–Trinajstić information content (AvgIpc) is 2.87. The second kappa shape index (κ2) is 17.1. The molecule has 12 N–H and O–H groups in total. The van der Waals surface area contributed by atoms with Crippen molar-refractivity contribution in [3.8, 4) is 5.75 Å². The van der Waals surface area contributed by atoms with E-state index in [2.05, 4.69) is 20.9 Å². The molecule has 218 valence electrons. The number of phenolic OH excluding ortho intramolecular Hbond substituents is 1. The van der Waals surface area contributed by atoms with Crippen molar-refractivity contribution in [2.24, 2.45) is 22.2 Å². The van der Waals surface area contributed by atoms with Gasteiger partial charge in [-0.05, 0) is 55.9 Å². The number of carbonyl (C=O) groups excluding carboxylic acids is 3. The minimum absolute atomic E-state index is 0.0147. The summed E-state index contributed by atoms with van der Waals surface area (Å²) in [7, 11) is 0. The van der Waals surface area contributed by atoms with E-state index < -0.39 is 54.0 Å². The number of aromatic hydroxyl groups is 1. The number of benzene rings is 1. The van der Waals surface area contributed by atoms with Crippen LogP contribution in [0.15, 0.2) is 29.3 Å². The number of hydrogen-bond donors (Lipinski definition) is 9. The van der Waals surface area contributed by atoms with Crippen LogP contribution in [-0.2, 0) is 25.6 Å². The molecule has 0 aliphatic heterocycles. The zero-order chi connectivity index (χ0) is 29.5. The van der Waals surface area contributed by atoms with Crippen LogP contribution in [0.5, 0.6) is 5.75 Å². The fourth-order valence-corrected chi connectivity index (χ4v) is 3.90. The number of aliphatic hydroxyl groups is 1. The molecule has 0 saturated heterocycles. The van der Waals surface area contributed by atoms with Gasteiger partial charge in [-0.1, -0.05) is 12.1 Å². The lowest BCUT2D eigenvalue weighted by Gasteiger charge is -2.26. The number of phenols is 1. The Labute approximate surface area is 231 Å². The van der Waals surface area contributed by atoms with Crippen LogP contribution < -0.4 is 33.2 Å². The number of guanidine groups is 1. The van der Waals surface area contributed by atoms with Gasteiger partial charge in [-0.15, -0.1) is 0 Å². The number of carbonyl (C=O) groups is 4. The van der Waals surface area contributed by atoms with Gasteiger partial charge in [0.25, 0.3) is 0 Å². The predicted molar refractivity (Wildman–Crippen MR) is 148 cm³/mol. The summed E-state index contributed by atoms with van der Waals surface area (Å²) in [6.07, 6.45) is 1.26. The summed E-state index contributed by atoms with van der Waals surface area (Å²) >= 11 is 1.41. The number of nitrogens with two attached hydrogens (primary N) is 3. The number of nitrogens with zero attached hydrogens (tertiary/aromatic N) is 1. The van der Waals surface area contributed by atoms with E-state index in [1.807, 2.05) is 0 Å². The number of aliphatic carboxylic acids is 1. The summed E-state index contributed by atoms with van der Waals surface area (Å²) in [4.78, 5) is 54.3. The zero-order valence-corrected chi connectivity index (χ0v) is 22.8. The van der Waals surface area contributed by atoms with Gasteiger partial charge in [-0.3, -0.25) is 19.4 Å². The number of aliphatic imine (C=N–C) groups is 1. The number of amides is 3. The van der Waals surface area contributed by atoms with E-state index >= 15 is 0 Å². The van der Waals surface area contributed by atoms with Gasteiger partial charge in [0.05, 0.1) is 12.1 Å². The maximum absolute atomic E-state index is 13.3. The maximum atomic E-state index is 13.3. The molecule has 1 aromatic carbocycles. The molecule has 0 fully saturated rings. The molecule has 14 nitrogen and oxygen atoms in total. The second-order valence-corrected chi connectivity index (χ2v) is 9.88. The molecule has 0 aliphatic rings. The van der Waals surface area contributed by atoms with Crippen molar-refractivity contribution in [3.05, 3.63) is 29.8 Å². The Hall–Kier alpha value is -3.56. The highest BCUT2D eigenvalue weighted by Crippen LogP contribution is 2.12. The first-order valence-electron chi connectivity index (χ1n) is 12.3. The largest absolute Gasteiger partial charge is 0.508 e. The Morgan fingerprint density at radius 1 is 0.974 bits per heavy atom. The number of aliphatic hydroxyl groups excluding tert-OH is 1. The third kappa shape index (κ3) is 12.7. The SMILES string of the molecule is CSCCC(NC(=O)C(Cc1ccc(O)cc1)NC(=O)C(N)CCCN=C(N)N)C(=O)NC(C(=O)O)C(C)O. The summed E-state index contributed by atoms with van der Waals surface area (Å²) in [5.41, 5.74) is 17.2. The van der Waals surface area contributed by atoms with Crippen LogP contribution in [0.25, 0.3) is 0 Å². The monoisotopic (exact) mass is 569 g/mol. The molecule has 39 heavy (non-hydrogen) atoms. The molecule has 0 heterocycles. The molecule has 0 saturated carbocycles. The molecule has 0 aromatic heterocycles. The summed E-state index contributed by atoms with van der Waals surface area (Å²) < 4.78 is 0. The van der Waals surface area contributed by atoms with Crippen molar-refractivity contribution in [3.63, 3.8) is 0 Å². The Morgan fingerprint density at radius 3 is 2.10 bits per heavy atom. The molecule has 15 heteroatoms. The van der Waals surface area contributed by atoms with Gasteiger partial charge in [0.2, 0.25) is 17.7 Å². The molecule has 1 aromatic rings. The van der Waals surface area contributed by atoms with Crippen molar-refractivity contribution in [1.29, 1.82) is 0 Å². The first-order chi connectivity index (χ1) is 18.3. The van der Waals surface area contributed by atoms with E-state index in [4.69, 9.17) is 17.2 Å². The summed E-state index contributed by atoms with van der Waals surface area (Å²) in [6, 6.07) is 1.18. The summed E-state index contributed by atoms with van der Waals surface area (Å²) in [5, 5.41) is 36.0. The fraction of sp³-hybridized carbons (Fsp3) is 0.542. The van der Waals surface area contributed by atoms with E-state index in [0.717, 1.165) is 0 Å². The van der Waals surface area contributed by atoms with Crippen LogP contribution in [0.4, 0.5) is 0 Å². The molecule has 0 spiro atoms. The molecule has 5 atom stereocenters. The van der Waals surface area contributed by atoms with Crippen LogP contribution >= 0.6 is 11.8 Å². The lowest BCUT2D eigenvalue weighted by Crippen LogP contribution is -2.58. The highest BCUT2D eigenvalue weighted by molar-refractivity contribution is 7.98. The molecule has 1 rings (SSSR count). The number of rotatable bonds is 17. The normalized spacial score (nSPS) is 14.7. The van der Waals surface area contributed by atoms with E-state index in [1.54, 1.807) is 18.4 Å². The molecule has 0 bridgehead atoms. The van der Waals surface area contributed by atoms with Gasteiger partial charge < -0.3 is 48.5 Å². The van der Waals surface area contributed by atoms with Crippen LogP contribution in [0, 0.1) is 0 Å². The minimum Gasteiger partial charge on any atom is -0.508 e. The Bertz CT molecular complexity index is 988. The van der Waals surface area contributed by atoms with Gasteiger partial charge in [0.15, 0.2) is 12.0 Å². The smallest absolute Gasteiger partial charge is 0.328 e. The molecular weight excluding hydrogens is 530 g/mol. The van der Waals surface area contributed by atoms with Crippen molar-refractivity contribution in [2.75, 3.05) is 18.6 Å². The fourth-order valence-electron chi connectivity index (χ4n) is 3.43. The van der Waals surface area contributed by atoms with Crippen LogP contribution in [0.1, 0.15) is 31.7 Å². The topological polar surface area (TPSA) is 255 Å². The van der Waals surface area contributed by atoms with E-state index in [9.17, 15) is 34.5 Å². The van der Waals surface area contributed by atoms with Crippen LogP contribution in [-0.4, -0.2) is 93.8 Å². The average molecular weight is 570 g/mol. The number of hydrogen-bond acceptors (Lipinski definition) is 9. The molecule has 0 radical (unpaired) electrons. The second-order valence-electron chi connectivity index (χ2n) is 8.89. The minimum atomic E-state index is -1.57. The third-order valence-electron chi connectivity index (χ3n) is 5.60. The number of carboxylic acids is 1. The maximum Gasteiger partial charge on any atom is 0.328 e. The molecular formula is C24H39N7O7S. The summed E-state index contributed by atoms with van der Waals surface area (Å²) in [5.74, 6) is -3.14. The standard InChI is InChI=1S/C24H39N7O7S/c1-13(32)19(23(37)38)31-21(35)17(9-11-39-2)29-22(36)18(12-14-5-7-15(33)8-6-14)30-20(34)16(25)4-3-10-28-24(26)27/h5-8,13,16-19,32-33H,3-4,9-12,25H2,1-2H3,(H,29,36)(H,30,34)(H,31,35)(H,37,38)(H4,26,27,28). The molecule has 0 aliphatic carbocycles. The quantitative estimate of drug-likeness (QED) is 0.0562. The number of thioether (sulfide) groups is 1. The highest BCUT2D eigenvalue weighted by atomic mass is 32.2. The van der Waals surface area contributed by atoms with Gasteiger partial charge in [-0.2, -0.15) is 11.8 Å². The Balaban J connectivity index is 3.07. The highest BCUT2D eigenvalue weighted by Gasteiger charge is 2.31. The van der Waals surface area contributed by atoms with Crippen LogP contribution in [0.2, 0.25) is 0 Å². The van der Waals surface area contributed by atoms with Gasteiger partial charge >= 0.3 is 5.97 Å². The van der Waals surface area contributed by atoms with Crippen molar-refractivity contribution in [2.45, 2.75) is 62.9 Å². The van der Waals surface area contributed by atoms with E-state index in [-0.39, 0.29) is 37.5 Å². The van der Waals surface area contributed by atoms with Gasteiger partial charge in [0, 0.05) is 13.0 Å². The Morgan fingerprint density at radius 2 is 1.56 bits per heavy atom. The number of carboxylic acid groups (broad SMARTS) is 1. The predicted octanol–water partition coefficient (Wildman–Crippen LogP) is -2.01. The van der Waals surface area contributed by atoms with Crippen molar-refractivity contribution >= 4 is 41.4 Å². The molecule has 3 amide bonds. The van der Waals surface area contributed by atoms with E-state index in [0.29, 0.717) is 17.7 Å². The zero-order valence-electron chi connectivity index (χ0n) is 22.0. The third-order valence-corrected chi connectivity index (χ3v) is 6.25. The van der Waals surface area contributed by atoms with Crippen LogP contribution in [0.3, 0.4) is 0 Å². The lowest BCUT2D eigenvalue weighted by atomic mass is 10.0. The first kappa shape index (κ1) is 33.5. The number of nitrogens with one attached hydrogen (secondary N) is 3. The lowest BCUT2D eigenvalue weighted by molar-refractivity contribution is -0.145. The van der Waals surface area contributed by atoms with Gasteiger partial charge in [0.1, 0.15) is 17.8 Å². The van der Waals surface area contributed by atoms with Crippen molar-refractivity contribution in [1.82, 2.24) is 16.0 Å². The summed E-state index contributed by atoms with van der Waals surface area (Å²) in [6.45, 7) is 1.50. The first-order valence-corrected chi connectivity index (χ1v) is 13.6. The van der Waals surface area contributed by atoms with E-state index in [1.165, 1.54) is 30.8 Å². The molecule has 5 unspecified atom stereocenters. The Kier molecular flexibility index (Phi) is 14.7. The van der Waals surface area contributed by atoms with Gasteiger partial charge in [-0.25, -0.2) is 4.79 Å².